The molecule has 0 bridgehead atoms. The van der Waals surface area contributed by atoms with E-state index < -0.39 is 15.9 Å². The van der Waals surface area contributed by atoms with Crippen molar-refractivity contribution in [2.75, 3.05) is 0 Å². The molecule has 4 nitrogen and oxygen atoms in total. The third-order valence-electron chi connectivity index (χ3n) is 3.39. The van der Waals surface area contributed by atoms with Crippen LogP contribution in [0.15, 0.2) is 77.0 Å². The molecule has 0 spiro atoms. The second kappa shape index (κ2) is 7.63. The Hall–Kier alpha value is -2.77. The van der Waals surface area contributed by atoms with Crippen LogP contribution in [-0.2, 0) is 10.1 Å². The molecule has 2 aromatic carbocycles. The lowest BCUT2D eigenvalue weighted by Gasteiger charge is -2.07. The number of carbonyl (C=O) groups excluding carboxylic acids is 1. The van der Waals surface area contributed by atoms with Gasteiger partial charge in [-0.3, -0.25) is 4.79 Å². The minimum absolute atomic E-state index is 0.0631. The molecule has 1 heterocycles. The fourth-order valence-corrected chi connectivity index (χ4v) is 3.64. The number of carbonyl (C=O) groups is 1. The molecule has 0 aliphatic rings. The molecule has 0 saturated heterocycles. The molecule has 3 aromatic rings. The van der Waals surface area contributed by atoms with Gasteiger partial charge in [0.05, 0.1) is 0 Å². The van der Waals surface area contributed by atoms with Gasteiger partial charge in [-0.25, -0.2) is 4.39 Å². The fourth-order valence-electron chi connectivity index (χ4n) is 2.09. The number of allylic oxidation sites excluding steroid dienone is 1. The quantitative estimate of drug-likeness (QED) is 0.353. The van der Waals surface area contributed by atoms with E-state index in [1.807, 2.05) is 17.5 Å². The zero-order valence-corrected chi connectivity index (χ0v) is 15.0. The van der Waals surface area contributed by atoms with Gasteiger partial charge in [0.1, 0.15) is 16.5 Å². The van der Waals surface area contributed by atoms with Gasteiger partial charge in [0.2, 0.25) is 0 Å². The number of rotatable bonds is 6. The van der Waals surface area contributed by atoms with Crippen molar-refractivity contribution in [1.29, 1.82) is 0 Å². The summed E-state index contributed by atoms with van der Waals surface area (Å²) in [5.74, 6) is -0.679. The van der Waals surface area contributed by atoms with Crippen LogP contribution in [0, 0.1) is 5.82 Å². The van der Waals surface area contributed by atoms with E-state index in [0.29, 0.717) is 5.56 Å². The summed E-state index contributed by atoms with van der Waals surface area (Å²) >= 11 is 1.52. The first-order valence-electron chi connectivity index (χ1n) is 7.50. The van der Waals surface area contributed by atoms with E-state index in [1.54, 1.807) is 6.08 Å². The fraction of sp³-hybridized carbons (Fsp3) is 0. The second-order valence-corrected chi connectivity index (χ2v) is 7.75. The molecular weight excluding hydrogens is 375 g/mol. The highest BCUT2D eigenvalue weighted by molar-refractivity contribution is 7.87. The van der Waals surface area contributed by atoms with Crippen LogP contribution in [-0.4, -0.2) is 14.2 Å². The van der Waals surface area contributed by atoms with Gasteiger partial charge in [-0.15, -0.1) is 11.3 Å². The summed E-state index contributed by atoms with van der Waals surface area (Å²) in [6.07, 6.45) is 3.17. The van der Waals surface area contributed by atoms with Crippen molar-refractivity contribution < 1.29 is 21.8 Å². The van der Waals surface area contributed by atoms with Gasteiger partial charge in [-0.1, -0.05) is 6.07 Å². The predicted octanol–water partition coefficient (Wildman–Crippen LogP) is 4.55. The summed E-state index contributed by atoms with van der Waals surface area (Å²) in [5, 5.41) is 1.91. The summed E-state index contributed by atoms with van der Waals surface area (Å²) in [4.78, 5) is 12.9. The Bertz CT molecular complexity index is 1020. The highest BCUT2D eigenvalue weighted by atomic mass is 32.2. The van der Waals surface area contributed by atoms with Crippen molar-refractivity contribution in [3.05, 3.63) is 88.4 Å². The van der Waals surface area contributed by atoms with Crippen LogP contribution in [0.4, 0.5) is 4.39 Å². The van der Waals surface area contributed by atoms with Gasteiger partial charge in [-0.2, -0.15) is 8.42 Å². The summed E-state index contributed by atoms with van der Waals surface area (Å²) in [5.41, 5.74) is 0.407. The standard InChI is InChI=1S/C19H13FO4S2/c20-15-5-10-18(11-6-15)26(22,23)24-16-7-3-14(4-8-16)19(21)12-9-17-2-1-13-25-17/h1-13H/b12-9+. The smallest absolute Gasteiger partial charge is 0.339 e. The summed E-state index contributed by atoms with van der Waals surface area (Å²) in [6, 6.07) is 13.9. The normalized spacial score (nSPS) is 11.6. The van der Waals surface area contributed by atoms with Crippen molar-refractivity contribution in [3.8, 4) is 5.75 Å². The SMILES string of the molecule is O=C(/C=C/c1cccs1)c1ccc(OS(=O)(=O)c2ccc(F)cc2)cc1. The minimum Gasteiger partial charge on any atom is -0.379 e. The van der Waals surface area contributed by atoms with E-state index in [9.17, 15) is 17.6 Å². The molecule has 0 atom stereocenters. The third kappa shape index (κ3) is 4.44. The molecule has 1 aromatic heterocycles. The lowest BCUT2D eigenvalue weighted by Crippen LogP contribution is -2.09. The first-order valence-corrected chi connectivity index (χ1v) is 9.79. The molecule has 0 radical (unpaired) electrons. The second-order valence-electron chi connectivity index (χ2n) is 5.23. The Balaban J connectivity index is 1.71. The van der Waals surface area contributed by atoms with Gasteiger partial charge < -0.3 is 4.18 Å². The van der Waals surface area contributed by atoms with Crippen LogP contribution < -0.4 is 4.18 Å². The Morgan fingerprint density at radius 3 is 2.31 bits per heavy atom. The Kier molecular flexibility index (Phi) is 5.29. The summed E-state index contributed by atoms with van der Waals surface area (Å²) in [6.45, 7) is 0. The van der Waals surface area contributed by atoms with Crippen LogP contribution in [0.1, 0.15) is 15.2 Å². The largest absolute Gasteiger partial charge is 0.379 e. The van der Waals surface area contributed by atoms with Gasteiger partial charge in [-0.05, 0) is 72.1 Å². The first kappa shape index (κ1) is 18.0. The topological polar surface area (TPSA) is 60.4 Å². The van der Waals surface area contributed by atoms with Crippen molar-refractivity contribution in [2.45, 2.75) is 4.90 Å². The molecule has 0 aliphatic carbocycles. The van der Waals surface area contributed by atoms with Crippen LogP contribution in [0.25, 0.3) is 6.08 Å². The van der Waals surface area contributed by atoms with Crippen LogP contribution in [0.3, 0.4) is 0 Å². The molecule has 26 heavy (non-hydrogen) atoms. The molecule has 7 heteroatoms. The Morgan fingerprint density at radius 1 is 1.00 bits per heavy atom. The molecule has 0 N–H and O–H groups in total. The molecule has 0 aliphatic heterocycles. The Morgan fingerprint density at radius 2 is 1.69 bits per heavy atom. The number of hydrogen-bond donors (Lipinski definition) is 0. The van der Waals surface area contributed by atoms with Crippen LogP contribution in [0.2, 0.25) is 0 Å². The molecule has 132 valence electrons. The van der Waals surface area contributed by atoms with Crippen LogP contribution in [0.5, 0.6) is 5.75 Å². The van der Waals surface area contributed by atoms with Gasteiger partial charge in [0.25, 0.3) is 0 Å². The predicted molar refractivity (Wildman–Crippen MR) is 98.3 cm³/mol. The summed E-state index contributed by atoms with van der Waals surface area (Å²) < 4.78 is 42.2. The average molecular weight is 388 g/mol. The zero-order valence-electron chi connectivity index (χ0n) is 13.3. The molecule has 0 saturated carbocycles. The minimum atomic E-state index is -4.07. The number of halogens is 1. The number of hydrogen-bond acceptors (Lipinski definition) is 5. The number of thiophene rings is 1. The van der Waals surface area contributed by atoms with E-state index >= 15 is 0 Å². The highest BCUT2D eigenvalue weighted by Gasteiger charge is 2.16. The molecule has 0 unspecified atom stereocenters. The van der Waals surface area contributed by atoms with Crippen molar-refractivity contribution in [2.24, 2.45) is 0 Å². The van der Waals surface area contributed by atoms with E-state index in [-0.39, 0.29) is 16.4 Å². The van der Waals surface area contributed by atoms with Gasteiger partial charge in [0.15, 0.2) is 5.78 Å². The molecule has 3 rings (SSSR count). The van der Waals surface area contributed by atoms with E-state index in [4.69, 9.17) is 4.18 Å². The monoisotopic (exact) mass is 388 g/mol. The average Bonchev–Trinajstić information content (AvgIpc) is 3.14. The maximum Gasteiger partial charge on any atom is 0.339 e. The summed E-state index contributed by atoms with van der Waals surface area (Å²) in [7, 11) is -4.07. The lowest BCUT2D eigenvalue weighted by atomic mass is 10.1. The van der Waals surface area contributed by atoms with E-state index in [2.05, 4.69) is 0 Å². The lowest BCUT2D eigenvalue weighted by molar-refractivity contribution is 0.104. The maximum absolute atomic E-state index is 12.9. The highest BCUT2D eigenvalue weighted by Crippen LogP contribution is 2.20. The molecular formula is C19H13FO4S2. The van der Waals surface area contributed by atoms with E-state index in [1.165, 1.54) is 41.7 Å². The van der Waals surface area contributed by atoms with Gasteiger partial charge >= 0.3 is 10.1 Å². The number of ketones is 1. The van der Waals surface area contributed by atoms with Crippen LogP contribution >= 0.6 is 11.3 Å². The molecule has 0 amide bonds. The third-order valence-corrected chi connectivity index (χ3v) is 5.49. The van der Waals surface area contributed by atoms with Crippen molar-refractivity contribution in [1.82, 2.24) is 0 Å². The first-order chi connectivity index (χ1) is 12.4. The van der Waals surface area contributed by atoms with Gasteiger partial charge in [0, 0.05) is 10.4 Å². The molecule has 0 fully saturated rings. The van der Waals surface area contributed by atoms with Crippen molar-refractivity contribution in [3.63, 3.8) is 0 Å². The Labute approximate surface area is 154 Å². The maximum atomic E-state index is 12.9. The zero-order chi connectivity index (χ0) is 18.6. The van der Waals surface area contributed by atoms with E-state index in [0.717, 1.165) is 29.1 Å². The number of benzene rings is 2. The van der Waals surface area contributed by atoms with Crippen molar-refractivity contribution >= 4 is 33.3 Å².